The molecule has 0 aliphatic heterocycles. The molecule has 0 radical (unpaired) electrons. The Hall–Kier alpha value is -1.22. The maximum absolute atomic E-state index is 5.80. The van der Waals surface area contributed by atoms with Gasteiger partial charge in [-0.25, -0.2) is 0 Å². The van der Waals surface area contributed by atoms with E-state index in [1.165, 1.54) is 0 Å². The molecule has 0 unspecified atom stereocenters. The van der Waals surface area contributed by atoms with Crippen LogP contribution in [0.4, 0.5) is 5.82 Å². The quantitative estimate of drug-likeness (QED) is 0.709. The first-order valence-electron chi connectivity index (χ1n) is 3.62. The van der Waals surface area contributed by atoms with Crippen molar-refractivity contribution in [3.63, 3.8) is 0 Å². The number of hydrogen-bond donors (Lipinski definition) is 2. The van der Waals surface area contributed by atoms with E-state index < -0.39 is 0 Å². The van der Waals surface area contributed by atoms with E-state index in [-0.39, 0.29) is 0 Å². The normalized spacial score (nSPS) is 10.5. The SMILES string of the molecule is CNc1n[nH]c2cc(Cl)ccc12. The van der Waals surface area contributed by atoms with E-state index in [4.69, 9.17) is 11.6 Å². The van der Waals surface area contributed by atoms with Gasteiger partial charge in [-0.15, -0.1) is 0 Å². The van der Waals surface area contributed by atoms with Gasteiger partial charge in [-0.1, -0.05) is 11.6 Å². The Kier molecular flexibility index (Phi) is 1.66. The van der Waals surface area contributed by atoms with Gasteiger partial charge in [0.1, 0.15) is 0 Å². The van der Waals surface area contributed by atoms with Crippen molar-refractivity contribution in [2.75, 3.05) is 12.4 Å². The molecule has 0 aliphatic carbocycles. The fraction of sp³-hybridized carbons (Fsp3) is 0.125. The lowest BCUT2D eigenvalue weighted by atomic mass is 10.2. The van der Waals surface area contributed by atoms with E-state index >= 15 is 0 Å². The van der Waals surface area contributed by atoms with E-state index in [2.05, 4.69) is 15.5 Å². The molecule has 4 heteroatoms. The highest BCUT2D eigenvalue weighted by Crippen LogP contribution is 2.22. The molecule has 0 spiro atoms. The number of rotatable bonds is 1. The Morgan fingerprint density at radius 2 is 2.33 bits per heavy atom. The van der Waals surface area contributed by atoms with Gasteiger partial charge in [-0.05, 0) is 18.2 Å². The molecule has 2 N–H and O–H groups in total. The molecule has 2 rings (SSSR count). The van der Waals surface area contributed by atoms with Crippen molar-refractivity contribution < 1.29 is 0 Å². The number of H-pyrrole nitrogens is 1. The molecule has 0 fully saturated rings. The maximum Gasteiger partial charge on any atom is 0.155 e. The lowest BCUT2D eigenvalue weighted by molar-refractivity contribution is 1.11. The third-order valence-electron chi connectivity index (χ3n) is 1.76. The van der Waals surface area contributed by atoms with Crippen LogP contribution in [0.15, 0.2) is 18.2 Å². The number of aromatic amines is 1. The monoisotopic (exact) mass is 181 g/mol. The molecule has 0 aliphatic rings. The number of benzene rings is 1. The summed E-state index contributed by atoms with van der Waals surface area (Å²) in [6.45, 7) is 0. The number of nitrogens with one attached hydrogen (secondary N) is 2. The van der Waals surface area contributed by atoms with Crippen LogP contribution < -0.4 is 5.32 Å². The minimum atomic E-state index is 0.716. The van der Waals surface area contributed by atoms with Crippen LogP contribution in [-0.4, -0.2) is 17.2 Å². The predicted octanol–water partition coefficient (Wildman–Crippen LogP) is 2.26. The first-order chi connectivity index (χ1) is 5.81. The minimum Gasteiger partial charge on any atom is -0.371 e. The van der Waals surface area contributed by atoms with Crippen LogP contribution in [0.5, 0.6) is 0 Å². The van der Waals surface area contributed by atoms with Crippen molar-refractivity contribution in [2.24, 2.45) is 0 Å². The molecule has 0 amide bonds. The van der Waals surface area contributed by atoms with Crippen LogP contribution in [0.3, 0.4) is 0 Å². The summed E-state index contributed by atoms with van der Waals surface area (Å²) in [4.78, 5) is 0. The Labute approximate surface area is 74.7 Å². The molecule has 1 aromatic heterocycles. The molecule has 0 saturated heterocycles. The highest BCUT2D eigenvalue weighted by Gasteiger charge is 2.02. The molecule has 0 atom stereocenters. The highest BCUT2D eigenvalue weighted by atomic mass is 35.5. The van der Waals surface area contributed by atoms with Crippen molar-refractivity contribution in [3.8, 4) is 0 Å². The van der Waals surface area contributed by atoms with Crippen molar-refractivity contribution in [2.45, 2.75) is 0 Å². The standard InChI is InChI=1S/C8H8ClN3/c1-10-8-6-3-2-5(9)4-7(6)11-12-8/h2-4H,1H3,(H2,10,11,12). The Bertz CT molecular complexity index is 408. The van der Waals surface area contributed by atoms with Crippen molar-refractivity contribution in [3.05, 3.63) is 23.2 Å². The number of hydrogen-bond acceptors (Lipinski definition) is 2. The molecule has 3 nitrogen and oxygen atoms in total. The van der Waals surface area contributed by atoms with Gasteiger partial charge < -0.3 is 5.32 Å². The van der Waals surface area contributed by atoms with E-state index in [0.717, 1.165) is 16.7 Å². The molecule has 0 bridgehead atoms. The summed E-state index contributed by atoms with van der Waals surface area (Å²) in [5.74, 6) is 0.849. The maximum atomic E-state index is 5.80. The van der Waals surface area contributed by atoms with E-state index in [1.54, 1.807) is 0 Å². The summed E-state index contributed by atoms with van der Waals surface area (Å²) in [5.41, 5.74) is 0.951. The van der Waals surface area contributed by atoms with Crippen LogP contribution in [0.25, 0.3) is 10.9 Å². The number of aromatic nitrogens is 2. The summed E-state index contributed by atoms with van der Waals surface area (Å²) < 4.78 is 0. The molecular weight excluding hydrogens is 174 g/mol. The number of nitrogens with zero attached hydrogens (tertiary/aromatic N) is 1. The average Bonchev–Trinajstić information content (AvgIpc) is 2.46. The Morgan fingerprint density at radius 1 is 1.50 bits per heavy atom. The smallest absolute Gasteiger partial charge is 0.155 e. The largest absolute Gasteiger partial charge is 0.371 e. The zero-order chi connectivity index (χ0) is 8.55. The lowest BCUT2D eigenvalue weighted by Crippen LogP contribution is -1.87. The second-order valence-corrected chi connectivity index (χ2v) is 2.95. The van der Waals surface area contributed by atoms with Crippen LogP contribution >= 0.6 is 11.6 Å². The molecule has 12 heavy (non-hydrogen) atoms. The second-order valence-electron chi connectivity index (χ2n) is 2.51. The number of fused-ring (bicyclic) bond motifs is 1. The second kappa shape index (κ2) is 2.68. The van der Waals surface area contributed by atoms with Gasteiger partial charge in [0.05, 0.1) is 5.52 Å². The number of halogens is 1. The van der Waals surface area contributed by atoms with Crippen LogP contribution in [0.1, 0.15) is 0 Å². The van der Waals surface area contributed by atoms with E-state index in [1.807, 2.05) is 25.2 Å². The molecule has 0 saturated carbocycles. The number of anilines is 1. The van der Waals surface area contributed by atoms with E-state index in [0.29, 0.717) is 5.02 Å². The summed E-state index contributed by atoms with van der Waals surface area (Å²) >= 11 is 5.80. The van der Waals surface area contributed by atoms with E-state index in [9.17, 15) is 0 Å². The van der Waals surface area contributed by atoms with Gasteiger partial charge in [-0.2, -0.15) is 5.10 Å². The zero-order valence-corrected chi connectivity index (χ0v) is 7.31. The van der Waals surface area contributed by atoms with Gasteiger partial charge in [0.25, 0.3) is 0 Å². The van der Waals surface area contributed by atoms with Gasteiger partial charge in [0, 0.05) is 17.5 Å². The summed E-state index contributed by atoms with van der Waals surface area (Å²) in [5, 5.41) is 11.7. The molecule has 1 aromatic carbocycles. The topological polar surface area (TPSA) is 40.7 Å². The van der Waals surface area contributed by atoms with Crippen molar-refractivity contribution in [1.82, 2.24) is 10.2 Å². The van der Waals surface area contributed by atoms with Crippen molar-refractivity contribution in [1.29, 1.82) is 0 Å². The van der Waals surface area contributed by atoms with Gasteiger partial charge in [0.2, 0.25) is 0 Å². The Morgan fingerprint density at radius 3 is 3.08 bits per heavy atom. The van der Waals surface area contributed by atoms with Gasteiger partial charge in [0.15, 0.2) is 5.82 Å². The Balaban J connectivity index is 2.73. The van der Waals surface area contributed by atoms with Crippen LogP contribution in [0, 0.1) is 0 Å². The minimum absolute atomic E-state index is 0.716. The first-order valence-corrected chi connectivity index (χ1v) is 4.00. The lowest BCUT2D eigenvalue weighted by Gasteiger charge is -1.93. The van der Waals surface area contributed by atoms with Crippen molar-refractivity contribution >= 4 is 28.3 Å². The zero-order valence-electron chi connectivity index (χ0n) is 6.56. The summed E-state index contributed by atoms with van der Waals surface area (Å²) in [7, 11) is 1.84. The summed E-state index contributed by atoms with van der Waals surface area (Å²) in [6, 6.07) is 5.64. The fourth-order valence-electron chi connectivity index (χ4n) is 1.18. The third-order valence-corrected chi connectivity index (χ3v) is 2.00. The van der Waals surface area contributed by atoms with Crippen LogP contribution in [-0.2, 0) is 0 Å². The third kappa shape index (κ3) is 1.02. The highest BCUT2D eigenvalue weighted by molar-refractivity contribution is 6.31. The van der Waals surface area contributed by atoms with Gasteiger partial charge in [-0.3, -0.25) is 5.10 Å². The van der Waals surface area contributed by atoms with Crippen LogP contribution in [0.2, 0.25) is 5.02 Å². The molecule has 1 heterocycles. The summed E-state index contributed by atoms with van der Waals surface area (Å²) in [6.07, 6.45) is 0. The molecular formula is C8H8ClN3. The molecule has 2 aromatic rings. The average molecular weight is 182 g/mol. The predicted molar refractivity (Wildman–Crippen MR) is 50.7 cm³/mol. The molecule has 62 valence electrons. The van der Waals surface area contributed by atoms with Gasteiger partial charge >= 0.3 is 0 Å². The fourth-order valence-corrected chi connectivity index (χ4v) is 1.35. The first kappa shape index (κ1) is 7.43.